The third kappa shape index (κ3) is 8.06. The van der Waals surface area contributed by atoms with Gasteiger partial charge in [0.15, 0.2) is 11.5 Å². The molecule has 0 fully saturated rings. The standard InChI is InChI=1S/C26H36N2O8S/c1-19(30)22(15-20-9-5-4-6-10-20)27-25(31)36-28(17-26(2,3)13-7-8-14-29)37(32,33)21-11-12-23-24(16-21)35-18-34-23/h4-6,9-12,16,19,22,29-30H,7-8,13-15,17-18H2,1-3H3,(H,27,31). The van der Waals surface area contributed by atoms with E-state index in [0.717, 1.165) is 5.56 Å². The number of amides is 1. The SMILES string of the molecule is CC(O)C(Cc1ccccc1)NC(=O)ON(CC(C)(C)CCCCO)S(=O)(=O)c1ccc2c(c1)OCO2. The van der Waals surface area contributed by atoms with Crippen molar-refractivity contribution in [1.82, 2.24) is 9.79 Å². The van der Waals surface area contributed by atoms with Crippen molar-refractivity contribution in [3.63, 3.8) is 0 Å². The first-order valence-corrected chi connectivity index (χ1v) is 13.7. The number of hydroxylamine groups is 1. The van der Waals surface area contributed by atoms with E-state index in [1.165, 1.54) is 18.2 Å². The fourth-order valence-electron chi connectivity index (χ4n) is 3.95. The van der Waals surface area contributed by atoms with Gasteiger partial charge in [-0.2, -0.15) is 0 Å². The van der Waals surface area contributed by atoms with Gasteiger partial charge in [-0.3, -0.25) is 0 Å². The number of nitrogens with zero attached hydrogens (tertiary/aromatic N) is 1. The molecule has 1 heterocycles. The van der Waals surface area contributed by atoms with Crippen LogP contribution in [0.25, 0.3) is 0 Å². The maximum atomic E-state index is 13.6. The molecule has 0 bridgehead atoms. The summed E-state index contributed by atoms with van der Waals surface area (Å²) in [5.74, 6) is 0.707. The molecular formula is C26H36N2O8S. The number of fused-ring (bicyclic) bond motifs is 1. The van der Waals surface area contributed by atoms with Crippen LogP contribution in [0.5, 0.6) is 11.5 Å². The number of unbranched alkanes of at least 4 members (excludes halogenated alkanes) is 1. The number of aliphatic hydroxyl groups excluding tert-OH is 2. The number of hydrogen-bond acceptors (Lipinski definition) is 8. The second-order valence-electron chi connectivity index (χ2n) is 9.89. The Kier molecular flexibility index (Phi) is 9.77. The van der Waals surface area contributed by atoms with Crippen LogP contribution in [0.1, 0.15) is 45.6 Å². The van der Waals surface area contributed by atoms with Crippen molar-refractivity contribution in [1.29, 1.82) is 0 Å². The lowest BCUT2D eigenvalue weighted by molar-refractivity contribution is -0.0474. The summed E-state index contributed by atoms with van der Waals surface area (Å²) >= 11 is 0. The number of aliphatic hydroxyl groups is 2. The average Bonchev–Trinajstić information content (AvgIpc) is 3.32. The molecule has 2 unspecified atom stereocenters. The van der Waals surface area contributed by atoms with Crippen molar-refractivity contribution in [2.24, 2.45) is 5.41 Å². The summed E-state index contributed by atoms with van der Waals surface area (Å²) in [5.41, 5.74) is 0.315. The number of carbonyl (C=O) groups is 1. The Hall–Kier alpha value is -2.86. The van der Waals surface area contributed by atoms with Gasteiger partial charge in [0, 0.05) is 12.7 Å². The number of nitrogens with one attached hydrogen (secondary N) is 1. The van der Waals surface area contributed by atoms with Crippen LogP contribution in [0.3, 0.4) is 0 Å². The Morgan fingerprint density at radius 2 is 1.84 bits per heavy atom. The summed E-state index contributed by atoms with van der Waals surface area (Å²) in [5, 5.41) is 22.0. The van der Waals surface area contributed by atoms with E-state index in [1.54, 1.807) is 6.92 Å². The van der Waals surface area contributed by atoms with Crippen LogP contribution in [-0.4, -0.2) is 61.3 Å². The van der Waals surface area contributed by atoms with Crippen molar-refractivity contribution in [2.75, 3.05) is 19.9 Å². The van der Waals surface area contributed by atoms with Gasteiger partial charge >= 0.3 is 6.09 Å². The van der Waals surface area contributed by atoms with Crippen molar-refractivity contribution in [2.45, 2.75) is 63.5 Å². The van der Waals surface area contributed by atoms with Crippen LogP contribution >= 0.6 is 0 Å². The Labute approximate surface area is 218 Å². The molecule has 1 amide bonds. The van der Waals surface area contributed by atoms with Crippen LogP contribution in [-0.2, 0) is 21.3 Å². The smallest absolute Gasteiger partial charge is 0.427 e. The maximum absolute atomic E-state index is 13.6. The minimum Gasteiger partial charge on any atom is -0.454 e. The topological polar surface area (TPSA) is 135 Å². The molecule has 0 spiro atoms. The fourth-order valence-corrected chi connectivity index (χ4v) is 5.36. The van der Waals surface area contributed by atoms with Gasteiger partial charge in [0.05, 0.1) is 23.6 Å². The molecule has 10 nitrogen and oxygen atoms in total. The van der Waals surface area contributed by atoms with Crippen LogP contribution in [0, 0.1) is 5.41 Å². The van der Waals surface area contributed by atoms with E-state index in [9.17, 15) is 18.3 Å². The molecule has 37 heavy (non-hydrogen) atoms. The third-order valence-corrected chi connectivity index (χ3v) is 7.69. The molecule has 2 aromatic carbocycles. The van der Waals surface area contributed by atoms with Gasteiger partial charge in [0.2, 0.25) is 6.79 Å². The highest BCUT2D eigenvalue weighted by atomic mass is 32.2. The minimum absolute atomic E-state index is 0.0124. The van der Waals surface area contributed by atoms with Crippen LogP contribution in [0.4, 0.5) is 4.79 Å². The molecule has 0 aliphatic carbocycles. The highest BCUT2D eigenvalue weighted by Gasteiger charge is 2.35. The van der Waals surface area contributed by atoms with Gasteiger partial charge < -0.3 is 29.8 Å². The molecule has 0 saturated carbocycles. The first kappa shape index (κ1) is 28.7. The normalized spacial score (nSPS) is 14.9. The second kappa shape index (κ2) is 12.6. The number of sulfonamides is 1. The van der Waals surface area contributed by atoms with Gasteiger partial charge in [-0.15, -0.1) is 0 Å². The second-order valence-corrected chi connectivity index (χ2v) is 11.7. The molecular weight excluding hydrogens is 500 g/mol. The highest BCUT2D eigenvalue weighted by molar-refractivity contribution is 7.89. The molecule has 11 heteroatoms. The zero-order valence-electron chi connectivity index (χ0n) is 21.4. The fraction of sp³-hybridized carbons (Fsp3) is 0.500. The Bertz CT molecular complexity index is 1140. The number of carbonyl (C=O) groups excluding carboxylic acids is 1. The molecule has 1 aliphatic heterocycles. The van der Waals surface area contributed by atoms with Crippen molar-refractivity contribution in [3.8, 4) is 11.5 Å². The lowest BCUT2D eigenvalue weighted by Crippen LogP contribution is -2.48. The predicted octanol–water partition coefficient (Wildman–Crippen LogP) is 3.23. The number of rotatable bonds is 13. The summed E-state index contributed by atoms with van der Waals surface area (Å²) in [6, 6.07) is 12.8. The van der Waals surface area contributed by atoms with Crippen LogP contribution in [0.15, 0.2) is 53.4 Å². The molecule has 3 N–H and O–H groups in total. The summed E-state index contributed by atoms with van der Waals surface area (Å²) in [7, 11) is -4.29. The largest absolute Gasteiger partial charge is 0.454 e. The van der Waals surface area contributed by atoms with E-state index in [1.807, 2.05) is 44.2 Å². The summed E-state index contributed by atoms with van der Waals surface area (Å²) in [4.78, 5) is 18.2. The lowest BCUT2D eigenvalue weighted by atomic mass is 9.87. The Balaban J connectivity index is 1.82. The molecule has 0 radical (unpaired) electrons. The van der Waals surface area contributed by atoms with Crippen molar-refractivity contribution >= 4 is 16.1 Å². The highest BCUT2D eigenvalue weighted by Crippen LogP contribution is 2.35. The van der Waals surface area contributed by atoms with Crippen molar-refractivity contribution < 1.29 is 37.7 Å². The lowest BCUT2D eigenvalue weighted by Gasteiger charge is -2.31. The number of hydrogen-bond donors (Lipinski definition) is 3. The zero-order valence-corrected chi connectivity index (χ0v) is 22.2. The van der Waals surface area contributed by atoms with E-state index >= 15 is 0 Å². The maximum Gasteiger partial charge on any atom is 0.427 e. The molecule has 2 aromatic rings. The first-order chi connectivity index (χ1) is 17.5. The third-order valence-electron chi connectivity index (χ3n) is 6.10. The van der Waals surface area contributed by atoms with Gasteiger partial charge in [0.1, 0.15) is 0 Å². The summed E-state index contributed by atoms with van der Waals surface area (Å²) < 4.78 is 38.5. The Morgan fingerprint density at radius 1 is 1.14 bits per heavy atom. The van der Waals surface area contributed by atoms with E-state index < -0.39 is 33.7 Å². The predicted molar refractivity (Wildman–Crippen MR) is 136 cm³/mol. The molecule has 0 aromatic heterocycles. The summed E-state index contributed by atoms with van der Waals surface area (Å²) in [6.07, 6.45) is 0.258. The Morgan fingerprint density at radius 3 is 2.51 bits per heavy atom. The van der Waals surface area contributed by atoms with Gasteiger partial charge in [-0.1, -0.05) is 50.6 Å². The number of ether oxygens (including phenoxy) is 2. The first-order valence-electron chi connectivity index (χ1n) is 12.3. The molecule has 2 atom stereocenters. The van der Waals surface area contributed by atoms with E-state index in [0.29, 0.717) is 35.9 Å². The van der Waals surface area contributed by atoms with Gasteiger partial charge in [-0.25, -0.2) is 13.2 Å². The van der Waals surface area contributed by atoms with Crippen molar-refractivity contribution in [3.05, 3.63) is 54.1 Å². The van der Waals surface area contributed by atoms with Gasteiger partial charge in [-0.05, 0) is 53.8 Å². The van der Waals surface area contributed by atoms with E-state index in [4.69, 9.17) is 19.4 Å². The van der Waals surface area contributed by atoms with E-state index in [2.05, 4.69) is 5.32 Å². The van der Waals surface area contributed by atoms with Gasteiger partial charge in [0.25, 0.3) is 10.0 Å². The summed E-state index contributed by atoms with van der Waals surface area (Å²) in [6.45, 7) is 5.17. The molecule has 3 rings (SSSR count). The monoisotopic (exact) mass is 536 g/mol. The average molecular weight is 537 g/mol. The van der Waals surface area contributed by atoms with Crippen LogP contribution in [0.2, 0.25) is 0 Å². The molecule has 0 saturated heterocycles. The van der Waals surface area contributed by atoms with Crippen LogP contribution < -0.4 is 14.8 Å². The minimum atomic E-state index is -4.29. The number of benzene rings is 2. The quantitative estimate of drug-likeness (QED) is 0.262. The molecule has 204 valence electrons. The van der Waals surface area contributed by atoms with E-state index in [-0.39, 0.29) is 30.6 Å². The zero-order chi connectivity index (χ0) is 27.1. The molecule has 1 aliphatic rings.